The predicted molar refractivity (Wildman–Crippen MR) is 63.1 cm³/mol. The number of rotatable bonds is 4. The van der Waals surface area contributed by atoms with Crippen molar-refractivity contribution in [2.45, 2.75) is 43.6 Å². The first-order valence-electron chi connectivity index (χ1n) is 6.09. The summed E-state index contributed by atoms with van der Waals surface area (Å²) in [5, 5.41) is 3.45. The zero-order valence-corrected chi connectivity index (χ0v) is 9.42. The molecule has 1 aromatic rings. The second kappa shape index (κ2) is 3.34. The lowest BCUT2D eigenvalue weighted by Gasteiger charge is -2.14. The van der Waals surface area contributed by atoms with Crippen molar-refractivity contribution in [1.82, 2.24) is 5.32 Å². The van der Waals surface area contributed by atoms with Crippen molar-refractivity contribution in [2.75, 3.05) is 7.05 Å². The summed E-state index contributed by atoms with van der Waals surface area (Å²) in [6.45, 7) is 0. The fourth-order valence-electron chi connectivity index (χ4n) is 2.38. The molecule has 0 heterocycles. The van der Waals surface area contributed by atoms with E-state index in [1.807, 2.05) is 0 Å². The Hall–Kier alpha value is -0.820. The van der Waals surface area contributed by atoms with Crippen LogP contribution in [0, 0.1) is 0 Å². The molecule has 0 aromatic heterocycles. The van der Waals surface area contributed by atoms with Crippen molar-refractivity contribution in [3.05, 3.63) is 35.4 Å². The standard InChI is InChI=1S/C14H19N/c1-15-14(8-9-14)10-11-2-4-12(5-3-11)13-6-7-13/h2-5,13,15H,6-10H2,1H3. The maximum absolute atomic E-state index is 3.45. The Bertz CT molecular complexity index is 344. The summed E-state index contributed by atoms with van der Waals surface area (Å²) in [7, 11) is 2.09. The van der Waals surface area contributed by atoms with Gasteiger partial charge in [-0.2, -0.15) is 0 Å². The molecular formula is C14H19N. The molecule has 1 aromatic carbocycles. The van der Waals surface area contributed by atoms with E-state index in [0.29, 0.717) is 5.54 Å². The van der Waals surface area contributed by atoms with Gasteiger partial charge in [-0.25, -0.2) is 0 Å². The van der Waals surface area contributed by atoms with Crippen LogP contribution >= 0.6 is 0 Å². The zero-order valence-electron chi connectivity index (χ0n) is 9.42. The molecule has 80 valence electrons. The topological polar surface area (TPSA) is 12.0 Å². The van der Waals surface area contributed by atoms with E-state index in [2.05, 4.69) is 36.6 Å². The summed E-state index contributed by atoms with van der Waals surface area (Å²) >= 11 is 0. The zero-order chi connectivity index (χ0) is 10.3. The van der Waals surface area contributed by atoms with Gasteiger partial charge in [0, 0.05) is 5.54 Å². The normalized spacial score (nSPS) is 22.7. The van der Waals surface area contributed by atoms with E-state index in [1.165, 1.54) is 37.7 Å². The lowest BCUT2D eigenvalue weighted by molar-refractivity contribution is 0.548. The first-order chi connectivity index (χ1) is 7.31. The average molecular weight is 201 g/mol. The monoisotopic (exact) mass is 201 g/mol. The Labute approximate surface area is 91.9 Å². The van der Waals surface area contributed by atoms with Gasteiger partial charge < -0.3 is 5.32 Å². The maximum atomic E-state index is 3.45. The van der Waals surface area contributed by atoms with Gasteiger partial charge in [-0.05, 0) is 56.2 Å². The van der Waals surface area contributed by atoms with Crippen molar-refractivity contribution in [1.29, 1.82) is 0 Å². The van der Waals surface area contributed by atoms with Gasteiger partial charge in [-0.15, -0.1) is 0 Å². The molecule has 2 fully saturated rings. The molecule has 3 rings (SSSR count). The number of hydrogen-bond donors (Lipinski definition) is 1. The van der Waals surface area contributed by atoms with Gasteiger partial charge in [0.05, 0.1) is 0 Å². The Morgan fingerprint density at radius 3 is 2.33 bits per heavy atom. The summed E-state index contributed by atoms with van der Waals surface area (Å²) in [6, 6.07) is 9.31. The molecule has 1 N–H and O–H groups in total. The Balaban J connectivity index is 1.70. The van der Waals surface area contributed by atoms with Crippen molar-refractivity contribution in [3.8, 4) is 0 Å². The third-order valence-corrected chi connectivity index (χ3v) is 3.95. The quantitative estimate of drug-likeness (QED) is 0.790. The second-order valence-corrected chi connectivity index (χ2v) is 5.22. The summed E-state index contributed by atoms with van der Waals surface area (Å²) in [4.78, 5) is 0. The molecular weight excluding hydrogens is 182 g/mol. The molecule has 2 aliphatic carbocycles. The first-order valence-corrected chi connectivity index (χ1v) is 6.09. The second-order valence-electron chi connectivity index (χ2n) is 5.22. The lowest BCUT2D eigenvalue weighted by Crippen LogP contribution is -2.29. The molecule has 0 bridgehead atoms. The first kappa shape index (κ1) is 9.41. The number of hydrogen-bond acceptors (Lipinski definition) is 1. The van der Waals surface area contributed by atoms with Gasteiger partial charge >= 0.3 is 0 Å². The summed E-state index contributed by atoms with van der Waals surface area (Å²) in [5.41, 5.74) is 3.49. The molecule has 0 amide bonds. The molecule has 0 spiro atoms. The van der Waals surface area contributed by atoms with Crippen molar-refractivity contribution in [2.24, 2.45) is 0 Å². The van der Waals surface area contributed by atoms with Gasteiger partial charge in [0.15, 0.2) is 0 Å². The van der Waals surface area contributed by atoms with E-state index >= 15 is 0 Å². The van der Waals surface area contributed by atoms with E-state index < -0.39 is 0 Å². The van der Waals surface area contributed by atoms with E-state index in [1.54, 1.807) is 5.56 Å². The van der Waals surface area contributed by atoms with Crippen LogP contribution in [0.2, 0.25) is 0 Å². The van der Waals surface area contributed by atoms with Gasteiger partial charge in [-0.1, -0.05) is 24.3 Å². The average Bonchev–Trinajstić information content (AvgIpc) is 3.14. The van der Waals surface area contributed by atoms with E-state index in [0.717, 1.165) is 5.92 Å². The van der Waals surface area contributed by atoms with E-state index in [4.69, 9.17) is 0 Å². The molecule has 2 saturated carbocycles. The molecule has 0 radical (unpaired) electrons. The third-order valence-electron chi connectivity index (χ3n) is 3.95. The van der Waals surface area contributed by atoms with Crippen LogP contribution < -0.4 is 5.32 Å². The van der Waals surface area contributed by atoms with Crippen LogP contribution in [0.15, 0.2) is 24.3 Å². The predicted octanol–water partition coefficient (Wildman–Crippen LogP) is 2.86. The molecule has 0 unspecified atom stereocenters. The van der Waals surface area contributed by atoms with Crippen molar-refractivity contribution in [3.63, 3.8) is 0 Å². The van der Waals surface area contributed by atoms with Crippen LogP contribution in [-0.2, 0) is 6.42 Å². The minimum Gasteiger partial charge on any atom is -0.314 e. The largest absolute Gasteiger partial charge is 0.314 e. The number of likely N-dealkylation sites (N-methyl/N-ethyl adjacent to an activating group) is 1. The minimum absolute atomic E-state index is 0.446. The molecule has 0 atom stereocenters. The van der Waals surface area contributed by atoms with E-state index in [-0.39, 0.29) is 0 Å². The van der Waals surface area contributed by atoms with Gasteiger partial charge in [0.25, 0.3) is 0 Å². The highest BCUT2D eigenvalue weighted by atomic mass is 15.0. The molecule has 2 aliphatic rings. The Morgan fingerprint density at radius 2 is 1.87 bits per heavy atom. The Morgan fingerprint density at radius 1 is 1.20 bits per heavy atom. The third kappa shape index (κ3) is 1.93. The molecule has 15 heavy (non-hydrogen) atoms. The molecule has 1 nitrogen and oxygen atoms in total. The summed E-state index contributed by atoms with van der Waals surface area (Å²) < 4.78 is 0. The minimum atomic E-state index is 0.446. The SMILES string of the molecule is CNC1(Cc2ccc(C3CC3)cc2)CC1. The highest BCUT2D eigenvalue weighted by Gasteiger charge is 2.40. The Kier molecular flexibility index (Phi) is 2.10. The number of benzene rings is 1. The highest BCUT2D eigenvalue weighted by Crippen LogP contribution is 2.41. The smallest absolute Gasteiger partial charge is 0.0220 e. The van der Waals surface area contributed by atoms with Crippen LogP contribution in [0.5, 0.6) is 0 Å². The van der Waals surface area contributed by atoms with Crippen LogP contribution in [0.1, 0.15) is 42.7 Å². The van der Waals surface area contributed by atoms with Gasteiger partial charge in [0.1, 0.15) is 0 Å². The van der Waals surface area contributed by atoms with Crippen molar-refractivity contribution < 1.29 is 0 Å². The van der Waals surface area contributed by atoms with Crippen molar-refractivity contribution >= 4 is 0 Å². The van der Waals surface area contributed by atoms with Gasteiger partial charge in [-0.3, -0.25) is 0 Å². The maximum Gasteiger partial charge on any atom is 0.0220 e. The van der Waals surface area contributed by atoms with E-state index in [9.17, 15) is 0 Å². The van der Waals surface area contributed by atoms with Crippen LogP contribution in [0.3, 0.4) is 0 Å². The van der Waals surface area contributed by atoms with Gasteiger partial charge in [0.2, 0.25) is 0 Å². The van der Waals surface area contributed by atoms with Crippen LogP contribution in [0.4, 0.5) is 0 Å². The fourth-order valence-corrected chi connectivity index (χ4v) is 2.38. The highest BCUT2D eigenvalue weighted by molar-refractivity contribution is 5.30. The molecule has 1 heteroatoms. The van der Waals surface area contributed by atoms with Crippen LogP contribution in [0.25, 0.3) is 0 Å². The summed E-state index contributed by atoms with van der Waals surface area (Å²) in [6.07, 6.45) is 6.69. The molecule has 0 aliphatic heterocycles. The summed E-state index contributed by atoms with van der Waals surface area (Å²) in [5.74, 6) is 0.887. The van der Waals surface area contributed by atoms with Crippen LogP contribution in [-0.4, -0.2) is 12.6 Å². The number of nitrogens with one attached hydrogen (secondary N) is 1. The molecule has 0 saturated heterocycles. The fraction of sp³-hybridized carbons (Fsp3) is 0.571. The lowest BCUT2D eigenvalue weighted by atomic mass is 10.0.